The van der Waals surface area contributed by atoms with Gasteiger partial charge in [-0.3, -0.25) is 0 Å². The van der Waals surface area contributed by atoms with Crippen molar-refractivity contribution in [3.63, 3.8) is 0 Å². The summed E-state index contributed by atoms with van der Waals surface area (Å²) in [7, 11) is 4.12. The van der Waals surface area contributed by atoms with Gasteiger partial charge in [-0.15, -0.1) is 0 Å². The molecule has 7 nitrogen and oxygen atoms in total. The Hall–Kier alpha value is -5.17. The maximum atomic E-state index is 5.30. The molecule has 0 bridgehead atoms. The molecule has 0 saturated carbocycles. The number of amidine groups is 2. The van der Waals surface area contributed by atoms with E-state index < -0.39 is 0 Å². The molecule has 2 aliphatic heterocycles. The van der Waals surface area contributed by atoms with E-state index in [1.165, 1.54) is 0 Å². The summed E-state index contributed by atoms with van der Waals surface area (Å²) >= 11 is 0. The second-order valence-corrected chi connectivity index (χ2v) is 10.2. The van der Waals surface area contributed by atoms with Crippen LogP contribution in [0.1, 0.15) is 22.9 Å². The van der Waals surface area contributed by atoms with E-state index in [4.69, 9.17) is 15.1 Å². The molecule has 0 fully saturated rings. The lowest BCUT2D eigenvalue weighted by atomic mass is 9.93. The summed E-state index contributed by atoms with van der Waals surface area (Å²) in [6.07, 6.45) is 0. The molecule has 1 N–H and O–H groups in total. The van der Waals surface area contributed by atoms with Gasteiger partial charge in [-0.1, -0.05) is 60.7 Å². The van der Waals surface area contributed by atoms with Crippen LogP contribution in [-0.2, 0) is 0 Å². The molecule has 2 aliphatic rings. The summed E-state index contributed by atoms with van der Waals surface area (Å²) in [5.74, 6) is 2.27. The molecule has 7 rings (SSSR count). The Morgan fingerprint density at radius 1 is 0.750 bits per heavy atom. The molecule has 0 amide bonds. The molecule has 3 heterocycles. The number of benzene rings is 4. The van der Waals surface area contributed by atoms with Crippen molar-refractivity contribution in [1.29, 1.82) is 0 Å². The first kappa shape index (κ1) is 23.9. The standard InChI is InChI=1S/C33H29N7/c1-22-29-30(23-18-20-25(21-19-23)38(2)3)39-28-17-11-10-16-27(28)35-31(34-24-12-6-4-7-13-24)33(39)36-32(29)40(37-22)26-14-8-5-9-15-26/h4-21,30H,1-3H3,(H,34,35). The average Bonchev–Trinajstić information content (AvgIpc) is 3.33. The summed E-state index contributed by atoms with van der Waals surface area (Å²) in [4.78, 5) is 14.8. The highest BCUT2D eigenvalue weighted by Crippen LogP contribution is 2.48. The van der Waals surface area contributed by atoms with Crippen LogP contribution in [0.2, 0.25) is 0 Å². The van der Waals surface area contributed by atoms with E-state index in [0.717, 1.165) is 56.9 Å². The fourth-order valence-electron chi connectivity index (χ4n) is 5.48. The Bertz CT molecular complexity index is 1750. The molecule has 7 heteroatoms. The highest BCUT2D eigenvalue weighted by Gasteiger charge is 2.41. The van der Waals surface area contributed by atoms with Crippen LogP contribution in [0.3, 0.4) is 0 Å². The summed E-state index contributed by atoms with van der Waals surface area (Å²) in [5, 5.41) is 8.58. The predicted octanol–water partition coefficient (Wildman–Crippen LogP) is 7.04. The minimum Gasteiger partial charge on any atom is -0.378 e. The maximum Gasteiger partial charge on any atom is 0.179 e. The zero-order valence-electron chi connectivity index (χ0n) is 22.7. The third-order valence-electron chi connectivity index (χ3n) is 7.40. The highest BCUT2D eigenvalue weighted by molar-refractivity contribution is 6.51. The van der Waals surface area contributed by atoms with Crippen molar-refractivity contribution < 1.29 is 0 Å². The summed E-state index contributed by atoms with van der Waals surface area (Å²) in [6.45, 7) is 2.08. The zero-order chi connectivity index (χ0) is 27.2. The lowest BCUT2D eigenvalue weighted by molar-refractivity contribution is 0.815. The van der Waals surface area contributed by atoms with Gasteiger partial charge in [0, 0.05) is 31.0 Å². The second-order valence-electron chi connectivity index (χ2n) is 10.2. The molecular weight excluding hydrogens is 494 g/mol. The van der Waals surface area contributed by atoms with E-state index in [1.54, 1.807) is 0 Å². The minimum atomic E-state index is -0.152. The zero-order valence-corrected chi connectivity index (χ0v) is 22.7. The van der Waals surface area contributed by atoms with E-state index in [9.17, 15) is 0 Å². The van der Waals surface area contributed by atoms with Crippen molar-refractivity contribution in [2.75, 3.05) is 29.2 Å². The number of fused-ring (bicyclic) bond motifs is 4. The molecule has 5 aromatic rings. The molecule has 0 radical (unpaired) electrons. The molecule has 1 atom stereocenters. The number of para-hydroxylation sites is 4. The topological polar surface area (TPSA) is 61.1 Å². The van der Waals surface area contributed by atoms with Gasteiger partial charge < -0.3 is 15.1 Å². The number of aryl methyl sites for hydroxylation is 1. The number of aromatic nitrogens is 2. The van der Waals surface area contributed by atoms with Crippen molar-refractivity contribution >= 4 is 40.2 Å². The van der Waals surface area contributed by atoms with Crippen molar-refractivity contribution in [2.24, 2.45) is 9.98 Å². The van der Waals surface area contributed by atoms with Crippen molar-refractivity contribution in [3.05, 3.63) is 126 Å². The molecule has 1 unspecified atom stereocenters. The van der Waals surface area contributed by atoms with Crippen LogP contribution in [0.25, 0.3) is 5.69 Å². The number of nitrogens with one attached hydrogen (secondary N) is 1. The number of aliphatic imine (C=N–C) groups is 2. The summed E-state index contributed by atoms with van der Waals surface area (Å²) in [6, 6.07) is 37.2. The fourth-order valence-corrected chi connectivity index (χ4v) is 5.48. The Kier molecular flexibility index (Phi) is 5.70. The number of anilines is 3. The lowest BCUT2D eigenvalue weighted by Crippen LogP contribution is -2.46. The number of nitrogens with zero attached hydrogens (tertiary/aromatic N) is 6. The Labute approximate surface area is 233 Å². The third-order valence-corrected chi connectivity index (χ3v) is 7.40. The molecule has 1 aromatic heterocycles. The van der Waals surface area contributed by atoms with E-state index in [1.807, 2.05) is 59.3 Å². The van der Waals surface area contributed by atoms with Gasteiger partial charge in [-0.2, -0.15) is 5.10 Å². The molecular formula is C33H29N7. The predicted molar refractivity (Wildman–Crippen MR) is 164 cm³/mol. The first-order valence-corrected chi connectivity index (χ1v) is 13.4. The van der Waals surface area contributed by atoms with Crippen LogP contribution in [0, 0.1) is 6.92 Å². The second kappa shape index (κ2) is 9.54. The smallest absolute Gasteiger partial charge is 0.179 e. The van der Waals surface area contributed by atoms with Crippen LogP contribution in [-0.4, -0.2) is 35.5 Å². The van der Waals surface area contributed by atoms with Crippen molar-refractivity contribution in [2.45, 2.75) is 13.0 Å². The quantitative estimate of drug-likeness (QED) is 0.274. The number of hydrogen-bond donors (Lipinski definition) is 1. The van der Waals surface area contributed by atoms with Crippen molar-refractivity contribution in [3.8, 4) is 5.69 Å². The van der Waals surface area contributed by atoms with Gasteiger partial charge >= 0.3 is 0 Å². The normalized spacial score (nSPS) is 15.4. The van der Waals surface area contributed by atoms with Crippen LogP contribution >= 0.6 is 0 Å². The molecule has 196 valence electrons. The molecule has 0 aliphatic carbocycles. The number of rotatable bonds is 4. The van der Waals surface area contributed by atoms with Gasteiger partial charge in [-0.25, -0.2) is 14.7 Å². The first-order valence-electron chi connectivity index (χ1n) is 13.4. The first-order chi connectivity index (χ1) is 19.6. The Morgan fingerprint density at radius 2 is 1.43 bits per heavy atom. The van der Waals surface area contributed by atoms with Gasteiger partial charge in [0.15, 0.2) is 17.5 Å². The average molecular weight is 524 g/mol. The van der Waals surface area contributed by atoms with E-state index in [2.05, 4.69) is 90.7 Å². The summed E-state index contributed by atoms with van der Waals surface area (Å²) < 4.78 is 1.96. The number of hydrogen-bond acceptors (Lipinski definition) is 6. The maximum absolute atomic E-state index is 5.30. The minimum absolute atomic E-state index is 0.152. The fraction of sp³-hybridized carbons (Fsp3) is 0.121. The highest BCUT2D eigenvalue weighted by atomic mass is 15.4. The SMILES string of the molecule is Cc1nn(-c2ccccc2)c2c1C(c1ccc(N(C)C)cc1)N1C(=N2)C(Nc2ccccc2)=Nc2ccccc21. The Morgan fingerprint density at radius 3 is 2.15 bits per heavy atom. The van der Waals surface area contributed by atoms with Gasteiger partial charge in [-0.05, 0) is 61.0 Å². The molecule has 0 saturated heterocycles. The van der Waals surface area contributed by atoms with Crippen molar-refractivity contribution in [1.82, 2.24) is 9.78 Å². The van der Waals surface area contributed by atoms with E-state index >= 15 is 0 Å². The monoisotopic (exact) mass is 523 g/mol. The van der Waals surface area contributed by atoms with E-state index in [-0.39, 0.29) is 6.04 Å². The molecule has 40 heavy (non-hydrogen) atoms. The van der Waals surface area contributed by atoms with Gasteiger partial charge in [0.1, 0.15) is 0 Å². The van der Waals surface area contributed by atoms with Crippen LogP contribution in [0.15, 0.2) is 119 Å². The van der Waals surface area contributed by atoms with Crippen LogP contribution in [0.4, 0.5) is 28.6 Å². The summed E-state index contributed by atoms with van der Waals surface area (Å²) in [5.41, 5.74) is 8.17. The molecule has 0 spiro atoms. The molecule has 4 aromatic carbocycles. The Balaban J connectivity index is 1.49. The van der Waals surface area contributed by atoms with Gasteiger partial charge in [0.2, 0.25) is 0 Å². The van der Waals surface area contributed by atoms with Crippen LogP contribution in [0.5, 0.6) is 0 Å². The third kappa shape index (κ3) is 3.94. The van der Waals surface area contributed by atoms with Gasteiger partial charge in [0.05, 0.1) is 28.8 Å². The van der Waals surface area contributed by atoms with Gasteiger partial charge in [0.25, 0.3) is 0 Å². The van der Waals surface area contributed by atoms with E-state index in [0.29, 0.717) is 5.84 Å². The van der Waals surface area contributed by atoms with Crippen LogP contribution < -0.4 is 15.1 Å². The lowest BCUT2D eigenvalue weighted by Gasteiger charge is -2.40. The largest absolute Gasteiger partial charge is 0.378 e.